The van der Waals surface area contributed by atoms with Gasteiger partial charge in [0.2, 0.25) is 0 Å². The summed E-state index contributed by atoms with van der Waals surface area (Å²) in [6.45, 7) is 0.691. The molecule has 21 heavy (non-hydrogen) atoms. The van der Waals surface area contributed by atoms with Gasteiger partial charge in [-0.15, -0.1) is 0 Å². The lowest BCUT2D eigenvalue weighted by atomic mass is 9.98. The summed E-state index contributed by atoms with van der Waals surface area (Å²) < 4.78 is 0. The Bertz CT molecular complexity index is 752. The van der Waals surface area contributed by atoms with E-state index in [9.17, 15) is 4.79 Å². The fourth-order valence-electron chi connectivity index (χ4n) is 3.12. The Morgan fingerprint density at radius 2 is 1.90 bits per heavy atom. The Hall–Kier alpha value is -2.46. The van der Waals surface area contributed by atoms with E-state index in [2.05, 4.69) is 11.1 Å². The standard InChI is InChI=1S/C17H15N3O/c18-16-17(21)20-10-9-12-7-4-8-13(15(12)20)14(19-16)11-5-2-1-3-6-11/h1-8,16H,9-10,18H2. The van der Waals surface area contributed by atoms with Crippen LogP contribution >= 0.6 is 0 Å². The summed E-state index contributed by atoms with van der Waals surface area (Å²) in [5.41, 5.74) is 11.0. The summed E-state index contributed by atoms with van der Waals surface area (Å²) in [6.07, 6.45) is 0.0440. The van der Waals surface area contributed by atoms with Crippen molar-refractivity contribution in [2.75, 3.05) is 11.4 Å². The molecule has 0 radical (unpaired) electrons. The zero-order chi connectivity index (χ0) is 14.4. The maximum absolute atomic E-state index is 12.4. The van der Waals surface area contributed by atoms with Crippen molar-refractivity contribution >= 4 is 17.3 Å². The first kappa shape index (κ1) is 12.3. The number of carbonyl (C=O) groups is 1. The van der Waals surface area contributed by atoms with E-state index in [1.54, 1.807) is 4.90 Å². The van der Waals surface area contributed by atoms with E-state index >= 15 is 0 Å². The van der Waals surface area contributed by atoms with Crippen molar-refractivity contribution in [1.29, 1.82) is 0 Å². The van der Waals surface area contributed by atoms with Crippen LogP contribution in [-0.4, -0.2) is 24.3 Å². The number of carbonyl (C=O) groups excluding carboxylic acids is 1. The quantitative estimate of drug-likeness (QED) is 0.862. The first-order valence-electron chi connectivity index (χ1n) is 7.08. The minimum atomic E-state index is -0.835. The van der Waals surface area contributed by atoms with Crippen molar-refractivity contribution in [1.82, 2.24) is 0 Å². The molecule has 4 rings (SSSR count). The van der Waals surface area contributed by atoms with E-state index in [-0.39, 0.29) is 5.91 Å². The summed E-state index contributed by atoms with van der Waals surface area (Å²) in [7, 11) is 0. The number of amides is 1. The number of nitrogens with two attached hydrogens (primary N) is 1. The van der Waals surface area contributed by atoms with Crippen molar-refractivity contribution in [2.45, 2.75) is 12.6 Å². The topological polar surface area (TPSA) is 58.7 Å². The second-order valence-corrected chi connectivity index (χ2v) is 5.34. The highest BCUT2D eigenvalue weighted by Crippen LogP contribution is 2.35. The van der Waals surface area contributed by atoms with Crippen LogP contribution in [0.1, 0.15) is 16.7 Å². The van der Waals surface area contributed by atoms with Crippen LogP contribution in [0, 0.1) is 0 Å². The molecule has 1 unspecified atom stereocenters. The van der Waals surface area contributed by atoms with Crippen LogP contribution in [-0.2, 0) is 11.2 Å². The Labute approximate surface area is 122 Å². The molecule has 0 aliphatic carbocycles. The molecule has 4 nitrogen and oxygen atoms in total. The maximum Gasteiger partial charge on any atom is 0.266 e. The van der Waals surface area contributed by atoms with Gasteiger partial charge in [0.15, 0.2) is 6.17 Å². The molecule has 1 amide bonds. The largest absolute Gasteiger partial charge is 0.308 e. The number of para-hydroxylation sites is 1. The first-order chi connectivity index (χ1) is 10.3. The van der Waals surface area contributed by atoms with Crippen molar-refractivity contribution < 1.29 is 4.79 Å². The highest BCUT2D eigenvalue weighted by molar-refractivity contribution is 6.20. The summed E-state index contributed by atoms with van der Waals surface area (Å²) in [5, 5.41) is 0. The van der Waals surface area contributed by atoms with Crippen molar-refractivity contribution in [2.24, 2.45) is 10.7 Å². The van der Waals surface area contributed by atoms with Crippen molar-refractivity contribution in [3.63, 3.8) is 0 Å². The van der Waals surface area contributed by atoms with Gasteiger partial charge in [-0.25, -0.2) is 0 Å². The average Bonchev–Trinajstić information content (AvgIpc) is 2.92. The van der Waals surface area contributed by atoms with Crippen LogP contribution in [0.4, 0.5) is 5.69 Å². The molecule has 0 saturated carbocycles. The van der Waals surface area contributed by atoms with Gasteiger partial charge in [0.05, 0.1) is 11.4 Å². The van der Waals surface area contributed by atoms with Gasteiger partial charge in [-0.05, 0) is 12.0 Å². The first-order valence-corrected chi connectivity index (χ1v) is 7.08. The third-order valence-electron chi connectivity index (χ3n) is 4.08. The fourth-order valence-corrected chi connectivity index (χ4v) is 3.12. The monoisotopic (exact) mass is 277 g/mol. The molecule has 1 atom stereocenters. The summed E-state index contributed by atoms with van der Waals surface area (Å²) in [4.78, 5) is 18.7. The molecule has 0 bridgehead atoms. The normalized spacial score (nSPS) is 20.0. The van der Waals surface area contributed by atoms with Crippen LogP contribution in [0.25, 0.3) is 0 Å². The van der Waals surface area contributed by atoms with Gasteiger partial charge in [0, 0.05) is 17.7 Å². The molecule has 0 spiro atoms. The SMILES string of the molecule is NC1N=C(c2ccccc2)c2cccc3c2N(CC3)C1=O. The lowest BCUT2D eigenvalue weighted by Gasteiger charge is -2.18. The zero-order valence-electron chi connectivity index (χ0n) is 11.5. The molecule has 0 fully saturated rings. The van der Waals surface area contributed by atoms with E-state index in [0.29, 0.717) is 6.54 Å². The van der Waals surface area contributed by atoms with Gasteiger partial charge in [-0.3, -0.25) is 9.79 Å². The molecule has 0 aromatic heterocycles. The van der Waals surface area contributed by atoms with E-state index in [4.69, 9.17) is 5.73 Å². The molecule has 2 aliphatic heterocycles. The second kappa shape index (κ2) is 4.53. The molecule has 2 aromatic carbocycles. The van der Waals surface area contributed by atoms with Crippen molar-refractivity contribution in [3.05, 3.63) is 65.2 Å². The van der Waals surface area contributed by atoms with Gasteiger partial charge < -0.3 is 10.6 Å². The van der Waals surface area contributed by atoms with Gasteiger partial charge in [0.1, 0.15) is 0 Å². The molecule has 0 saturated heterocycles. The van der Waals surface area contributed by atoms with Crippen LogP contribution in [0.5, 0.6) is 0 Å². The predicted octanol–water partition coefficient (Wildman–Crippen LogP) is 1.71. The van der Waals surface area contributed by atoms with Crippen LogP contribution in [0.15, 0.2) is 53.5 Å². The summed E-state index contributed by atoms with van der Waals surface area (Å²) in [5.74, 6) is -0.118. The molecule has 4 heteroatoms. The lowest BCUT2D eigenvalue weighted by Crippen LogP contribution is -2.41. The average molecular weight is 277 g/mol. The predicted molar refractivity (Wildman–Crippen MR) is 82.6 cm³/mol. The number of hydrogen-bond donors (Lipinski definition) is 1. The van der Waals surface area contributed by atoms with Gasteiger partial charge in [0.25, 0.3) is 5.91 Å². The number of nitrogens with zero attached hydrogens (tertiary/aromatic N) is 2. The second-order valence-electron chi connectivity index (χ2n) is 5.34. The summed E-state index contributed by atoms with van der Waals surface area (Å²) in [6, 6.07) is 16.0. The maximum atomic E-state index is 12.4. The number of benzene rings is 2. The Kier molecular flexibility index (Phi) is 2.65. The van der Waals surface area contributed by atoms with E-state index in [1.807, 2.05) is 42.5 Å². The molecule has 2 aromatic rings. The van der Waals surface area contributed by atoms with Crippen LogP contribution < -0.4 is 10.6 Å². The third kappa shape index (κ3) is 1.80. The third-order valence-corrected chi connectivity index (χ3v) is 4.08. The molecule has 2 N–H and O–H groups in total. The molecule has 2 aliphatic rings. The minimum Gasteiger partial charge on any atom is -0.308 e. The molecule has 104 valence electrons. The van der Waals surface area contributed by atoms with E-state index < -0.39 is 6.17 Å². The molecule has 2 heterocycles. The zero-order valence-corrected chi connectivity index (χ0v) is 11.5. The fraction of sp³-hybridized carbons (Fsp3) is 0.176. The Balaban J connectivity index is 1.99. The van der Waals surface area contributed by atoms with Gasteiger partial charge >= 0.3 is 0 Å². The highest BCUT2D eigenvalue weighted by Gasteiger charge is 2.34. The number of aliphatic imine (C=N–C) groups is 1. The highest BCUT2D eigenvalue weighted by atomic mass is 16.2. The van der Waals surface area contributed by atoms with Crippen LogP contribution in [0.2, 0.25) is 0 Å². The number of rotatable bonds is 1. The smallest absolute Gasteiger partial charge is 0.266 e. The van der Waals surface area contributed by atoms with Gasteiger partial charge in [-0.2, -0.15) is 0 Å². The van der Waals surface area contributed by atoms with Crippen LogP contribution in [0.3, 0.4) is 0 Å². The molecular weight excluding hydrogens is 262 g/mol. The number of hydrogen-bond acceptors (Lipinski definition) is 3. The Morgan fingerprint density at radius 1 is 1.10 bits per heavy atom. The van der Waals surface area contributed by atoms with Crippen molar-refractivity contribution in [3.8, 4) is 0 Å². The van der Waals surface area contributed by atoms with E-state index in [0.717, 1.165) is 28.9 Å². The minimum absolute atomic E-state index is 0.118. The lowest BCUT2D eigenvalue weighted by molar-refractivity contribution is -0.119. The van der Waals surface area contributed by atoms with E-state index in [1.165, 1.54) is 5.56 Å². The Morgan fingerprint density at radius 3 is 2.71 bits per heavy atom. The number of anilines is 1. The van der Waals surface area contributed by atoms with Gasteiger partial charge in [-0.1, -0.05) is 48.5 Å². The molecular formula is C17H15N3O. The summed E-state index contributed by atoms with van der Waals surface area (Å²) >= 11 is 0.